The molecular weight excluding hydrogens is 186 g/mol. The first-order chi connectivity index (χ1) is 6.72. The van der Waals surface area contributed by atoms with Gasteiger partial charge < -0.3 is 15.2 Å². The van der Waals surface area contributed by atoms with E-state index in [9.17, 15) is 4.79 Å². The van der Waals surface area contributed by atoms with Crippen LogP contribution in [0, 0.1) is 0 Å². The molecule has 0 spiro atoms. The van der Waals surface area contributed by atoms with Crippen molar-refractivity contribution >= 4 is 11.7 Å². The van der Waals surface area contributed by atoms with E-state index < -0.39 is 0 Å². The van der Waals surface area contributed by atoms with Crippen LogP contribution in [-0.2, 0) is 4.79 Å². The zero-order chi connectivity index (χ0) is 10.4. The molecule has 1 aromatic heterocycles. The second kappa shape index (κ2) is 5.13. The highest BCUT2D eigenvalue weighted by Gasteiger charge is 2.00. The largest absolute Gasteiger partial charge is 0.461 e. The second-order valence-electron chi connectivity index (χ2n) is 2.48. The number of aliphatic hydroxyl groups excluding tert-OH is 1. The molecule has 0 aromatic carbocycles. The number of carbonyl (C=O) groups excluding carboxylic acids is 1. The molecule has 14 heavy (non-hydrogen) atoms. The van der Waals surface area contributed by atoms with Gasteiger partial charge >= 0.3 is 6.01 Å². The van der Waals surface area contributed by atoms with Gasteiger partial charge in [0.15, 0.2) is 0 Å². The van der Waals surface area contributed by atoms with Gasteiger partial charge in [0.2, 0.25) is 5.91 Å². The van der Waals surface area contributed by atoms with Crippen molar-refractivity contribution < 1.29 is 14.6 Å². The summed E-state index contributed by atoms with van der Waals surface area (Å²) in [6.07, 6.45) is 1.46. The van der Waals surface area contributed by atoms with Crippen molar-refractivity contribution in [1.82, 2.24) is 9.97 Å². The van der Waals surface area contributed by atoms with Gasteiger partial charge in [-0.1, -0.05) is 0 Å². The molecule has 1 rings (SSSR count). The third-order valence-electron chi connectivity index (χ3n) is 1.26. The molecule has 6 nitrogen and oxygen atoms in total. The Bertz CT molecular complexity index is 316. The summed E-state index contributed by atoms with van der Waals surface area (Å²) in [4.78, 5) is 18.3. The molecule has 0 aliphatic rings. The zero-order valence-corrected chi connectivity index (χ0v) is 7.73. The number of nitrogens with zero attached hydrogens (tertiary/aromatic N) is 2. The molecule has 1 aromatic rings. The minimum atomic E-state index is -0.211. The Kier molecular flexibility index (Phi) is 3.81. The number of anilines is 1. The van der Waals surface area contributed by atoms with E-state index in [0.717, 1.165) is 0 Å². The Balaban J connectivity index is 2.63. The van der Waals surface area contributed by atoms with E-state index in [1.807, 2.05) is 0 Å². The molecule has 76 valence electrons. The van der Waals surface area contributed by atoms with Crippen LogP contribution in [0.15, 0.2) is 12.3 Å². The van der Waals surface area contributed by atoms with Gasteiger partial charge in [0.1, 0.15) is 12.4 Å². The predicted molar refractivity (Wildman–Crippen MR) is 48.9 cm³/mol. The summed E-state index contributed by atoms with van der Waals surface area (Å²) >= 11 is 0. The quantitative estimate of drug-likeness (QED) is 0.698. The van der Waals surface area contributed by atoms with Crippen LogP contribution < -0.4 is 10.1 Å². The molecule has 0 aliphatic carbocycles. The minimum absolute atomic E-state index is 0.103. The molecular formula is C8H11N3O3. The lowest BCUT2D eigenvalue weighted by molar-refractivity contribution is -0.114. The smallest absolute Gasteiger partial charge is 0.318 e. The third-order valence-corrected chi connectivity index (χ3v) is 1.26. The maximum absolute atomic E-state index is 10.7. The number of aliphatic hydroxyl groups is 1. The lowest BCUT2D eigenvalue weighted by atomic mass is 10.5. The molecule has 1 amide bonds. The van der Waals surface area contributed by atoms with E-state index in [-0.39, 0.29) is 25.1 Å². The zero-order valence-electron chi connectivity index (χ0n) is 7.73. The first-order valence-electron chi connectivity index (χ1n) is 4.06. The second-order valence-corrected chi connectivity index (χ2v) is 2.48. The molecule has 0 bridgehead atoms. The fourth-order valence-corrected chi connectivity index (χ4v) is 0.797. The summed E-state index contributed by atoms with van der Waals surface area (Å²) < 4.78 is 4.95. The number of hydrogen-bond donors (Lipinski definition) is 2. The van der Waals surface area contributed by atoms with Crippen molar-refractivity contribution in [2.24, 2.45) is 0 Å². The van der Waals surface area contributed by atoms with E-state index in [4.69, 9.17) is 9.84 Å². The highest BCUT2D eigenvalue weighted by Crippen LogP contribution is 2.06. The molecule has 0 atom stereocenters. The fourth-order valence-electron chi connectivity index (χ4n) is 0.797. The van der Waals surface area contributed by atoms with Gasteiger partial charge in [0.25, 0.3) is 0 Å². The van der Waals surface area contributed by atoms with E-state index in [1.165, 1.54) is 13.1 Å². The van der Waals surface area contributed by atoms with Crippen LogP contribution in [0.4, 0.5) is 5.82 Å². The normalized spacial score (nSPS) is 9.57. The molecule has 0 aliphatic heterocycles. The highest BCUT2D eigenvalue weighted by atomic mass is 16.5. The summed E-state index contributed by atoms with van der Waals surface area (Å²) in [5, 5.41) is 11.0. The van der Waals surface area contributed by atoms with Gasteiger partial charge in [0.05, 0.1) is 6.61 Å². The number of carbonyl (C=O) groups is 1. The summed E-state index contributed by atoms with van der Waals surface area (Å²) in [5.41, 5.74) is 0. The summed E-state index contributed by atoms with van der Waals surface area (Å²) in [5.74, 6) is 0.164. The molecule has 1 heterocycles. The molecule has 2 N–H and O–H groups in total. The predicted octanol–water partition coefficient (Wildman–Crippen LogP) is -0.194. The van der Waals surface area contributed by atoms with E-state index in [2.05, 4.69) is 15.3 Å². The van der Waals surface area contributed by atoms with Gasteiger partial charge in [-0.25, -0.2) is 4.98 Å². The average Bonchev–Trinajstić information content (AvgIpc) is 2.14. The van der Waals surface area contributed by atoms with Gasteiger partial charge in [0, 0.05) is 13.1 Å². The highest BCUT2D eigenvalue weighted by molar-refractivity contribution is 5.87. The van der Waals surface area contributed by atoms with Gasteiger partial charge in [-0.3, -0.25) is 4.79 Å². The van der Waals surface area contributed by atoms with Gasteiger partial charge in [-0.2, -0.15) is 4.98 Å². The van der Waals surface area contributed by atoms with Gasteiger partial charge in [-0.05, 0) is 6.07 Å². The molecule has 0 fully saturated rings. The molecule has 0 unspecified atom stereocenters. The standard InChI is InChI=1S/C8H11N3O3/c1-6(13)10-7-2-3-9-8(11-7)14-5-4-12/h2-3,12H,4-5H2,1H3,(H,9,10,11,13). The van der Waals surface area contributed by atoms with Crippen molar-refractivity contribution in [3.05, 3.63) is 12.3 Å². The number of nitrogens with one attached hydrogen (secondary N) is 1. The topological polar surface area (TPSA) is 84.3 Å². The van der Waals surface area contributed by atoms with E-state index in [1.54, 1.807) is 6.07 Å². The van der Waals surface area contributed by atoms with Crippen molar-refractivity contribution in [2.45, 2.75) is 6.92 Å². The number of hydrogen-bond acceptors (Lipinski definition) is 5. The van der Waals surface area contributed by atoms with Crippen LogP contribution in [0.25, 0.3) is 0 Å². The SMILES string of the molecule is CC(=O)Nc1ccnc(OCCO)n1. The van der Waals surface area contributed by atoms with Crippen molar-refractivity contribution in [1.29, 1.82) is 0 Å². The van der Waals surface area contributed by atoms with Crippen LogP contribution in [0.1, 0.15) is 6.92 Å². The minimum Gasteiger partial charge on any atom is -0.461 e. The average molecular weight is 197 g/mol. The lowest BCUT2D eigenvalue weighted by Gasteiger charge is -2.04. The van der Waals surface area contributed by atoms with Gasteiger partial charge in [-0.15, -0.1) is 0 Å². The van der Waals surface area contributed by atoms with Crippen LogP contribution in [-0.4, -0.2) is 34.2 Å². The Morgan fingerprint density at radius 1 is 1.71 bits per heavy atom. The van der Waals surface area contributed by atoms with Crippen molar-refractivity contribution in [3.63, 3.8) is 0 Å². The van der Waals surface area contributed by atoms with E-state index in [0.29, 0.717) is 5.82 Å². The van der Waals surface area contributed by atoms with E-state index >= 15 is 0 Å². The molecule has 6 heteroatoms. The van der Waals surface area contributed by atoms with Crippen LogP contribution in [0.3, 0.4) is 0 Å². The van der Waals surface area contributed by atoms with Crippen LogP contribution in [0.5, 0.6) is 6.01 Å². The first-order valence-corrected chi connectivity index (χ1v) is 4.06. The lowest BCUT2D eigenvalue weighted by Crippen LogP contribution is -2.09. The molecule has 0 saturated carbocycles. The van der Waals surface area contributed by atoms with Crippen molar-refractivity contribution in [2.75, 3.05) is 18.5 Å². The summed E-state index contributed by atoms with van der Waals surface area (Å²) in [7, 11) is 0. The number of rotatable bonds is 4. The van der Waals surface area contributed by atoms with Crippen molar-refractivity contribution in [3.8, 4) is 6.01 Å². The molecule has 0 saturated heterocycles. The number of aromatic nitrogens is 2. The number of amides is 1. The number of ether oxygens (including phenoxy) is 1. The maximum Gasteiger partial charge on any atom is 0.318 e. The summed E-state index contributed by atoms with van der Waals surface area (Å²) in [6, 6.07) is 1.68. The summed E-state index contributed by atoms with van der Waals surface area (Å²) in [6.45, 7) is 1.41. The Morgan fingerprint density at radius 3 is 3.14 bits per heavy atom. The van der Waals surface area contributed by atoms with Crippen LogP contribution in [0.2, 0.25) is 0 Å². The van der Waals surface area contributed by atoms with Crippen LogP contribution >= 0.6 is 0 Å². The first kappa shape index (κ1) is 10.4. The monoisotopic (exact) mass is 197 g/mol. The molecule has 0 radical (unpaired) electrons. The fraction of sp³-hybridized carbons (Fsp3) is 0.375. The Labute approximate surface area is 80.9 Å². The third kappa shape index (κ3) is 3.36. The Morgan fingerprint density at radius 2 is 2.50 bits per heavy atom. The maximum atomic E-state index is 10.7. The Hall–Kier alpha value is -1.69.